The molecule has 0 unspecified atom stereocenters. The zero-order valence-electron chi connectivity index (χ0n) is 9.35. The molecule has 84 valence electrons. The van der Waals surface area contributed by atoms with Crippen molar-refractivity contribution in [1.82, 2.24) is 5.32 Å². The first kappa shape index (κ1) is 12.9. The van der Waals surface area contributed by atoms with Gasteiger partial charge in [-0.3, -0.25) is 0 Å². The van der Waals surface area contributed by atoms with Gasteiger partial charge in [0.05, 0.1) is 0 Å². The molecule has 0 aliphatic carbocycles. The lowest BCUT2D eigenvalue weighted by Crippen LogP contribution is -2.10. The minimum absolute atomic E-state index is 0.835. The van der Waals surface area contributed by atoms with Crippen LogP contribution in [0.1, 0.15) is 18.9 Å². The molecule has 0 fully saturated rings. The molecule has 0 aliphatic rings. The highest BCUT2D eigenvalue weighted by atomic mass is 35.5. The number of nitrogens with one attached hydrogen (secondary N) is 1. The van der Waals surface area contributed by atoms with Crippen molar-refractivity contribution >= 4 is 23.4 Å². The number of hydrogen-bond acceptors (Lipinski definition) is 2. The lowest BCUT2D eigenvalue weighted by molar-refractivity contribution is 0.783. The second kappa shape index (κ2) is 7.15. The fraction of sp³-hybridized carbons (Fsp3) is 0.500. The standard InChI is InChI=1S/C12H18ClNS/c1-3-8-15-12-5-4-11(13)9-10(12)6-7-14-2/h4-5,9,14H,3,6-8H2,1-2H3. The third kappa shape index (κ3) is 4.45. The van der Waals surface area contributed by atoms with Gasteiger partial charge in [0.15, 0.2) is 0 Å². The van der Waals surface area contributed by atoms with Crippen LogP contribution in [0.2, 0.25) is 5.02 Å². The Kier molecular flexibility index (Phi) is 6.15. The van der Waals surface area contributed by atoms with Gasteiger partial charge in [0, 0.05) is 9.92 Å². The van der Waals surface area contributed by atoms with Crippen molar-refractivity contribution < 1.29 is 0 Å². The van der Waals surface area contributed by atoms with E-state index in [1.165, 1.54) is 22.6 Å². The molecule has 0 spiro atoms. The summed E-state index contributed by atoms with van der Waals surface area (Å²) in [4.78, 5) is 1.37. The fourth-order valence-electron chi connectivity index (χ4n) is 1.36. The summed E-state index contributed by atoms with van der Waals surface area (Å²) in [6, 6.07) is 6.19. The number of hydrogen-bond donors (Lipinski definition) is 1. The van der Waals surface area contributed by atoms with Crippen molar-refractivity contribution in [3.63, 3.8) is 0 Å². The third-order valence-electron chi connectivity index (χ3n) is 2.13. The number of halogens is 1. The van der Waals surface area contributed by atoms with Crippen LogP contribution in [0.3, 0.4) is 0 Å². The molecule has 0 saturated heterocycles. The van der Waals surface area contributed by atoms with E-state index < -0.39 is 0 Å². The second-order valence-electron chi connectivity index (χ2n) is 3.45. The molecule has 1 rings (SSSR count). The largest absolute Gasteiger partial charge is 0.319 e. The van der Waals surface area contributed by atoms with E-state index in [4.69, 9.17) is 11.6 Å². The van der Waals surface area contributed by atoms with Gasteiger partial charge in [-0.05, 0) is 55.9 Å². The molecule has 1 N–H and O–H groups in total. The normalized spacial score (nSPS) is 10.6. The summed E-state index contributed by atoms with van der Waals surface area (Å²) in [6.07, 6.45) is 2.25. The Balaban J connectivity index is 2.73. The van der Waals surface area contributed by atoms with Crippen molar-refractivity contribution in [2.75, 3.05) is 19.3 Å². The summed E-state index contributed by atoms with van der Waals surface area (Å²) in [5, 5.41) is 4.00. The quantitative estimate of drug-likeness (QED) is 0.767. The number of thioether (sulfide) groups is 1. The van der Waals surface area contributed by atoms with Crippen molar-refractivity contribution in [3.8, 4) is 0 Å². The van der Waals surface area contributed by atoms with Gasteiger partial charge < -0.3 is 5.32 Å². The zero-order valence-corrected chi connectivity index (χ0v) is 10.9. The molecule has 0 saturated carbocycles. The molecule has 0 aromatic heterocycles. The third-order valence-corrected chi connectivity index (χ3v) is 3.69. The molecule has 0 atom stereocenters. The molecule has 1 aromatic rings. The van der Waals surface area contributed by atoms with Crippen molar-refractivity contribution in [2.45, 2.75) is 24.7 Å². The number of rotatable bonds is 6. The summed E-state index contributed by atoms with van der Waals surface area (Å²) < 4.78 is 0. The Morgan fingerprint density at radius 3 is 2.87 bits per heavy atom. The van der Waals surface area contributed by atoms with Gasteiger partial charge in [0.25, 0.3) is 0 Å². The molecule has 0 radical (unpaired) electrons. The maximum Gasteiger partial charge on any atom is 0.0409 e. The van der Waals surface area contributed by atoms with E-state index in [0.29, 0.717) is 0 Å². The molecule has 0 bridgehead atoms. The van der Waals surface area contributed by atoms with Crippen LogP contribution in [-0.4, -0.2) is 19.3 Å². The van der Waals surface area contributed by atoms with E-state index in [1.807, 2.05) is 24.9 Å². The van der Waals surface area contributed by atoms with Crippen LogP contribution in [0.5, 0.6) is 0 Å². The minimum atomic E-state index is 0.835. The summed E-state index contributed by atoms with van der Waals surface area (Å²) >= 11 is 7.92. The van der Waals surface area contributed by atoms with Crippen LogP contribution in [0.15, 0.2) is 23.1 Å². The van der Waals surface area contributed by atoms with Crippen LogP contribution >= 0.6 is 23.4 Å². The first-order valence-electron chi connectivity index (χ1n) is 5.33. The number of benzene rings is 1. The minimum Gasteiger partial charge on any atom is -0.319 e. The van der Waals surface area contributed by atoms with Crippen molar-refractivity contribution in [2.24, 2.45) is 0 Å². The molecule has 0 heterocycles. The van der Waals surface area contributed by atoms with Crippen LogP contribution in [0, 0.1) is 0 Å². The van der Waals surface area contributed by atoms with Gasteiger partial charge in [-0.15, -0.1) is 11.8 Å². The first-order valence-corrected chi connectivity index (χ1v) is 6.70. The van der Waals surface area contributed by atoms with E-state index in [1.54, 1.807) is 0 Å². The molecule has 15 heavy (non-hydrogen) atoms. The second-order valence-corrected chi connectivity index (χ2v) is 5.03. The van der Waals surface area contributed by atoms with Gasteiger partial charge in [-0.25, -0.2) is 0 Å². The maximum absolute atomic E-state index is 6.00. The monoisotopic (exact) mass is 243 g/mol. The average Bonchev–Trinajstić information content (AvgIpc) is 2.25. The Bertz CT molecular complexity index is 302. The Labute approximate surface area is 102 Å². The van der Waals surface area contributed by atoms with Gasteiger partial charge in [0.1, 0.15) is 0 Å². The first-order chi connectivity index (χ1) is 7.27. The summed E-state index contributed by atoms with van der Waals surface area (Å²) in [5.74, 6) is 1.17. The average molecular weight is 244 g/mol. The zero-order chi connectivity index (χ0) is 11.1. The fourth-order valence-corrected chi connectivity index (χ4v) is 2.49. The Hall–Kier alpha value is -0.180. The van der Waals surface area contributed by atoms with E-state index in [-0.39, 0.29) is 0 Å². The topological polar surface area (TPSA) is 12.0 Å². The molecule has 0 aliphatic heterocycles. The molecule has 0 amide bonds. The molecule has 3 heteroatoms. The number of likely N-dealkylation sites (N-methyl/N-ethyl adjacent to an activating group) is 1. The highest BCUT2D eigenvalue weighted by Crippen LogP contribution is 2.26. The Morgan fingerprint density at radius 1 is 1.40 bits per heavy atom. The molecule has 1 aromatic carbocycles. The van der Waals surface area contributed by atoms with Gasteiger partial charge in [-0.2, -0.15) is 0 Å². The van der Waals surface area contributed by atoms with E-state index >= 15 is 0 Å². The summed E-state index contributed by atoms with van der Waals surface area (Å²) in [6.45, 7) is 3.20. The smallest absolute Gasteiger partial charge is 0.0409 e. The van der Waals surface area contributed by atoms with Crippen LogP contribution in [0.25, 0.3) is 0 Å². The van der Waals surface area contributed by atoms with Crippen molar-refractivity contribution in [1.29, 1.82) is 0 Å². The van der Waals surface area contributed by atoms with Crippen molar-refractivity contribution in [3.05, 3.63) is 28.8 Å². The van der Waals surface area contributed by atoms with E-state index in [0.717, 1.165) is 18.0 Å². The van der Waals surface area contributed by atoms with Crippen LogP contribution in [0.4, 0.5) is 0 Å². The van der Waals surface area contributed by atoms with Gasteiger partial charge >= 0.3 is 0 Å². The lowest BCUT2D eigenvalue weighted by atomic mass is 10.1. The van der Waals surface area contributed by atoms with E-state index in [2.05, 4.69) is 24.4 Å². The summed E-state index contributed by atoms with van der Waals surface area (Å²) in [7, 11) is 1.98. The predicted octanol–water partition coefficient (Wildman–Crippen LogP) is 3.60. The van der Waals surface area contributed by atoms with Gasteiger partial charge in [0.2, 0.25) is 0 Å². The molecular formula is C12H18ClNS. The Morgan fingerprint density at radius 2 is 2.20 bits per heavy atom. The molecular weight excluding hydrogens is 226 g/mol. The highest BCUT2D eigenvalue weighted by Gasteiger charge is 2.03. The molecule has 1 nitrogen and oxygen atoms in total. The van der Waals surface area contributed by atoms with Crippen LogP contribution < -0.4 is 5.32 Å². The van der Waals surface area contributed by atoms with Crippen LogP contribution in [-0.2, 0) is 6.42 Å². The predicted molar refractivity (Wildman–Crippen MR) is 70.1 cm³/mol. The van der Waals surface area contributed by atoms with Gasteiger partial charge in [-0.1, -0.05) is 18.5 Å². The van der Waals surface area contributed by atoms with E-state index in [9.17, 15) is 0 Å². The lowest BCUT2D eigenvalue weighted by Gasteiger charge is -2.09. The summed E-state index contributed by atoms with van der Waals surface area (Å²) in [5.41, 5.74) is 1.36. The highest BCUT2D eigenvalue weighted by molar-refractivity contribution is 7.99. The SMILES string of the molecule is CCCSc1ccc(Cl)cc1CCNC. The maximum atomic E-state index is 6.00.